The number of carbonyl (C=O) groups is 1. The van der Waals surface area contributed by atoms with Gasteiger partial charge < -0.3 is 10.2 Å². The molecule has 0 unspecified atom stereocenters. The van der Waals surface area contributed by atoms with E-state index in [4.69, 9.17) is 0 Å². The van der Waals surface area contributed by atoms with Crippen LogP contribution in [-0.2, 0) is 18.3 Å². The van der Waals surface area contributed by atoms with Crippen molar-refractivity contribution in [2.45, 2.75) is 44.6 Å². The van der Waals surface area contributed by atoms with Crippen molar-refractivity contribution >= 4 is 5.91 Å². The van der Waals surface area contributed by atoms with Crippen LogP contribution >= 0.6 is 0 Å². The van der Waals surface area contributed by atoms with Crippen LogP contribution in [0.15, 0.2) is 4.79 Å². The Morgan fingerprint density at radius 2 is 2.24 bits per heavy atom. The molecule has 0 aromatic carbocycles. The Labute approximate surface area is 124 Å². The lowest BCUT2D eigenvalue weighted by Crippen LogP contribution is -2.37. The Morgan fingerprint density at radius 3 is 2.90 bits per heavy atom. The predicted octanol–water partition coefficient (Wildman–Crippen LogP) is 0.0316. The Hall–Kier alpha value is -1.63. The van der Waals surface area contributed by atoms with Crippen molar-refractivity contribution in [3.63, 3.8) is 0 Å². The summed E-state index contributed by atoms with van der Waals surface area (Å²) >= 11 is 0. The largest absolute Gasteiger partial charge is 0.356 e. The molecule has 1 aliphatic heterocycles. The van der Waals surface area contributed by atoms with Gasteiger partial charge in [0.1, 0.15) is 5.82 Å². The second-order valence-corrected chi connectivity index (χ2v) is 5.77. The van der Waals surface area contributed by atoms with E-state index in [1.54, 1.807) is 7.05 Å². The van der Waals surface area contributed by atoms with E-state index in [0.29, 0.717) is 31.3 Å². The van der Waals surface area contributed by atoms with Crippen LogP contribution in [0.4, 0.5) is 0 Å². The van der Waals surface area contributed by atoms with Crippen molar-refractivity contribution < 1.29 is 4.79 Å². The van der Waals surface area contributed by atoms with Crippen LogP contribution in [0.2, 0.25) is 0 Å². The number of H-pyrrole nitrogens is 1. The lowest BCUT2D eigenvalue weighted by molar-refractivity contribution is -0.121. The molecule has 2 heterocycles. The van der Waals surface area contributed by atoms with Crippen molar-refractivity contribution in [1.82, 2.24) is 25.0 Å². The van der Waals surface area contributed by atoms with Crippen LogP contribution in [0.5, 0.6) is 0 Å². The highest BCUT2D eigenvalue weighted by Gasteiger charge is 2.19. The molecule has 0 spiro atoms. The van der Waals surface area contributed by atoms with E-state index < -0.39 is 0 Å². The molecule has 1 aromatic heterocycles. The number of rotatable bonds is 6. The standard InChI is InChI=1S/C14H25N5O2/c1-18-10-4-3-5-11(18)6-7-13(20)15-9-8-12-16-17-14(21)19(12)2/h11H,3-10H2,1-2H3,(H,15,20)(H,17,21)/t11-/m1/s1. The number of aromatic nitrogens is 3. The molecular formula is C14H25N5O2. The lowest BCUT2D eigenvalue weighted by atomic mass is 9.98. The average Bonchev–Trinajstić information content (AvgIpc) is 2.78. The van der Waals surface area contributed by atoms with Gasteiger partial charge in [-0.15, -0.1) is 0 Å². The number of aromatic amines is 1. The Kier molecular flexibility index (Phi) is 5.55. The number of amides is 1. The summed E-state index contributed by atoms with van der Waals surface area (Å²) in [4.78, 5) is 25.4. The number of nitrogens with one attached hydrogen (secondary N) is 2. The quantitative estimate of drug-likeness (QED) is 0.776. The van der Waals surface area contributed by atoms with Crippen LogP contribution < -0.4 is 11.0 Å². The Balaban J connectivity index is 1.65. The van der Waals surface area contributed by atoms with Gasteiger partial charge in [0.2, 0.25) is 5.91 Å². The zero-order valence-electron chi connectivity index (χ0n) is 12.9. The van der Waals surface area contributed by atoms with Crippen LogP contribution in [0, 0.1) is 0 Å². The molecule has 0 radical (unpaired) electrons. The Bertz CT molecular complexity index is 522. The van der Waals surface area contributed by atoms with Crippen LogP contribution in [-0.4, -0.2) is 51.8 Å². The van der Waals surface area contributed by atoms with E-state index in [2.05, 4.69) is 27.5 Å². The third-order valence-corrected chi connectivity index (χ3v) is 4.27. The third-order valence-electron chi connectivity index (χ3n) is 4.27. The molecular weight excluding hydrogens is 270 g/mol. The van der Waals surface area contributed by atoms with Crippen molar-refractivity contribution in [3.05, 3.63) is 16.3 Å². The average molecular weight is 295 g/mol. The molecule has 0 bridgehead atoms. The van der Waals surface area contributed by atoms with E-state index in [1.807, 2.05) is 0 Å². The normalized spacial score (nSPS) is 19.6. The Morgan fingerprint density at radius 1 is 1.43 bits per heavy atom. The number of hydrogen-bond acceptors (Lipinski definition) is 4. The van der Waals surface area contributed by atoms with E-state index in [0.717, 1.165) is 13.0 Å². The van der Waals surface area contributed by atoms with E-state index in [-0.39, 0.29) is 11.6 Å². The SMILES string of the molecule is CN1CCCC[C@@H]1CCC(=O)NCCc1n[nH]c(=O)n1C. The molecule has 1 aliphatic rings. The molecule has 2 rings (SSSR count). The van der Waals surface area contributed by atoms with E-state index >= 15 is 0 Å². The van der Waals surface area contributed by atoms with Gasteiger partial charge in [-0.1, -0.05) is 6.42 Å². The van der Waals surface area contributed by atoms with Gasteiger partial charge in [-0.3, -0.25) is 9.36 Å². The zero-order valence-corrected chi connectivity index (χ0v) is 12.9. The predicted molar refractivity (Wildman–Crippen MR) is 80.0 cm³/mol. The minimum absolute atomic E-state index is 0.0782. The summed E-state index contributed by atoms with van der Waals surface area (Å²) in [5.74, 6) is 0.738. The summed E-state index contributed by atoms with van der Waals surface area (Å²) in [5.41, 5.74) is -0.225. The minimum Gasteiger partial charge on any atom is -0.356 e. The number of carbonyl (C=O) groups excluding carboxylic acids is 1. The molecule has 1 aromatic rings. The fourth-order valence-corrected chi connectivity index (χ4v) is 2.81. The van der Waals surface area contributed by atoms with Crippen molar-refractivity contribution in [3.8, 4) is 0 Å². The van der Waals surface area contributed by atoms with Gasteiger partial charge in [0.15, 0.2) is 0 Å². The highest BCUT2D eigenvalue weighted by molar-refractivity contribution is 5.75. The smallest absolute Gasteiger partial charge is 0.343 e. The molecule has 7 heteroatoms. The first-order chi connectivity index (χ1) is 10.1. The molecule has 0 aliphatic carbocycles. The van der Waals surface area contributed by atoms with Crippen LogP contribution in [0.25, 0.3) is 0 Å². The zero-order chi connectivity index (χ0) is 15.2. The monoisotopic (exact) mass is 295 g/mol. The van der Waals surface area contributed by atoms with Gasteiger partial charge in [0.25, 0.3) is 0 Å². The van der Waals surface area contributed by atoms with E-state index in [1.165, 1.54) is 23.8 Å². The molecule has 1 atom stereocenters. The highest BCUT2D eigenvalue weighted by atomic mass is 16.2. The second kappa shape index (κ2) is 7.40. The van der Waals surface area contributed by atoms with E-state index in [9.17, 15) is 9.59 Å². The van der Waals surface area contributed by atoms with Gasteiger partial charge >= 0.3 is 5.69 Å². The summed E-state index contributed by atoms with van der Waals surface area (Å²) in [6, 6.07) is 0.539. The summed E-state index contributed by atoms with van der Waals surface area (Å²) in [6.45, 7) is 1.65. The number of likely N-dealkylation sites (tertiary alicyclic amines) is 1. The number of hydrogen-bond donors (Lipinski definition) is 2. The fraction of sp³-hybridized carbons (Fsp3) is 0.786. The minimum atomic E-state index is -0.225. The number of piperidine rings is 1. The summed E-state index contributed by atoms with van der Waals surface area (Å²) in [5, 5.41) is 9.19. The molecule has 1 amide bonds. The maximum atomic E-state index is 11.8. The summed E-state index contributed by atoms with van der Waals surface area (Å²) in [6.07, 6.45) is 5.77. The molecule has 7 nitrogen and oxygen atoms in total. The molecule has 118 valence electrons. The summed E-state index contributed by atoms with van der Waals surface area (Å²) < 4.78 is 1.46. The van der Waals surface area contributed by atoms with Gasteiger partial charge in [-0.2, -0.15) is 5.10 Å². The molecule has 1 saturated heterocycles. The molecule has 1 fully saturated rings. The summed E-state index contributed by atoms with van der Waals surface area (Å²) in [7, 11) is 3.81. The lowest BCUT2D eigenvalue weighted by Gasteiger charge is -2.32. The maximum Gasteiger partial charge on any atom is 0.343 e. The topological polar surface area (TPSA) is 83.0 Å². The van der Waals surface area contributed by atoms with Crippen molar-refractivity contribution in [2.24, 2.45) is 7.05 Å². The van der Waals surface area contributed by atoms with Gasteiger partial charge in [-0.05, 0) is 32.9 Å². The third kappa shape index (κ3) is 4.42. The molecule has 21 heavy (non-hydrogen) atoms. The van der Waals surface area contributed by atoms with Gasteiger partial charge in [0, 0.05) is 32.5 Å². The molecule has 2 N–H and O–H groups in total. The van der Waals surface area contributed by atoms with Crippen LogP contribution in [0.1, 0.15) is 37.9 Å². The second-order valence-electron chi connectivity index (χ2n) is 5.77. The van der Waals surface area contributed by atoms with Crippen molar-refractivity contribution in [2.75, 3.05) is 20.1 Å². The van der Waals surface area contributed by atoms with Crippen molar-refractivity contribution in [1.29, 1.82) is 0 Å². The first-order valence-corrected chi connectivity index (χ1v) is 7.65. The highest BCUT2D eigenvalue weighted by Crippen LogP contribution is 2.18. The maximum absolute atomic E-state index is 11.8. The fourth-order valence-electron chi connectivity index (χ4n) is 2.81. The van der Waals surface area contributed by atoms with Crippen LogP contribution in [0.3, 0.4) is 0 Å². The first kappa shape index (κ1) is 15.8. The van der Waals surface area contributed by atoms with Gasteiger partial charge in [0.05, 0.1) is 0 Å². The first-order valence-electron chi connectivity index (χ1n) is 7.65. The van der Waals surface area contributed by atoms with Gasteiger partial charge in [-0.25, -0.2) is 9.89 Å². The molecule has 0 saturated carbocycles. The number of nitrogens with zero attached hydrogens (tertiary/aromatic N) is 3.